The van der Waals surface area contributed by atoms with E-state index in [2.05, 4.69) is 22.1 Å². The molecule has 0 aliphatic heterocycles. The van der Waals surface area contributed by atoms with E-state index in [1.54, 1.807) is 37.9 Å². The van der Waals surface area contributed by atoms with Crippen molar-refractivity contribution in [3.63, 3.8) is 0 Å². The smallest absolute Gasteiger partial charge is 0.231 e. The van der Waals surface area contributed by atoms with Crippen LogP contribution in [0.25, 0.3) is 22.6 Å². The Balaban J connectivity index is 1.88. The lowest BCUT2D eigenvalue weighted by molar-refractivity contribution is 0.0786. The van der Waals surface area contributed by atoms with Gasteiger partial charge in [0.2, 0.25) is 5.88 Å². The molecule has 4 rings (SSSR count). The molecule has 2 aromatic carbocycles. The van der Waals surface area contributed by atoms with Crippen LogP contribution in [-0.2, 0) is 5.60 Å². The van der Waals surface area contributed by atoms with Crippen molar-refractivity contribution in [1.82, 2.24) is 15.2 Å². The molecule has 2 heterocycles. The SMILES string of the molecule is CCSc1nc(O)c(C(=Cc2ccc(C(C)(C)O)cc2Cl)c2ccc3[nH]ncc3c2)s1. The van der Waals surface area contributed by atoms with Crippen LogP contribution in [0.15, 0.2) is 46.9 Å². The van der Waals surface area contributed by atoms with Gasteiger partial charge in [0.1, 0.15) is 0 Å². The Morgan fingerprint density at radius 1 is 1.26 bits per heavy atom. The fraction of sp³-hybridized carbons (Fsp3) is 0.217. The fourth-order valence-electron chi connectivity index (χ4n) is 3.22. The molecule has 31 heavy (non-hydrogen) atoms. The molecular formula is C23H22ClN3O2S2. The second-order valence-corrected chi connectivity index (χ2v) is 10.5. The molecule has 2 aromatic heterocycles. The zero-order valence-electron chi connectivity index (χ0n) is 17.3. The van der Waals surface area contributed by atoms with Crippen LogP contribution in [-0.4, -0.2) is 31.1 Å². The van der Waals surface area contributed by atoms with E-state index in [0.29, 0.717) is 9.90 Å². The molecule has 0 aliphatic carbocycles. The van der Waals surface area contributed by atoms with Crippen LogP contribution in [0.4, 0.5) is 0 Å². The summed E-state index contributed by atoms with van der Waals surface area (Å²) >= 11 is 9.62. The van der Waals surface area contributed by atoms with Gasteiger partial charge in [-0.2, -0.15) is 10.1 Å². The second-order valence-electron chi connectivity index (χ2n) is 7.59. The summed E-state index contributed by atoms with van der Waals surface area (Å²) in [7, 11) is 0. The van der Waals surface area contributed by atoms with Crippen molar-refractivity contribution in [1.29, 1.82) is 0 Å². The Kier molecular flexibility index (Phi) is 6.12. The van der Waals surface area contributed by atoms with E-state index in [0.717, 1.165) is 43.3 Å². The standard InChI is InChI=1S/C23H22ClN3O2S2/c1-4-30-22-26-21(28)20(31-22)17(13-6-8-19-15(9-13)12-25-27-19)10-14-5-7-16(11-18(14)24)23(2,3)29/h5-12,28-29H,4H2,1-3H3,(H,25,27). The Morgan fingerprint density at radius 2 is 2.06 bits per heavy atom. The molecule has 0 saturated heterocycles. The third kappa shape index (κ3) is 4.65. The topological polar surface area (TPSA) is 82.0 Å². The van der Waals surface area contributed by atoms with Gasteiger partial charge in [0.25, 0.3) is 0 Å². The van der Waals surface area contributed by atoms with E-state index < -0.39 is 5.60 Å². The summed E-state index contributed by atoms with van der Waals surface area (Å²) in [4.78, 5) is 5.00. The highest BCUT2D eigenvalue weighted by Crippen LogP contribution is 2.41. The first-order valence-corrected chi connectivity index (χ1v) is 11.9. The lowest BCUT2D eigenvalue weighted by atomic mass is 9.95. The molecule has 0 atom stereocenters. The molecule has 0 bridgehead atoms. The van der Waals surface area contributed by atoms with Gasteiger partial charge in [-0.05, 0) is 60.6 Å². The number of rotatable bonds is 6. The average molecular weight is 472 g/mol. The zero-order chi connectivity index (χ0) is 22.2. The third-order valence-electron chi connectivity index (χ3n) is 4.86. The lowest BCUT2D eigenvalue weighted by Crippen LogP contribution is -2.15. The number of H-pyrrole nitrogens is 1. The summed E-state index contributed by atoms with van der Waals surface area (Å²) in [6.07, 6.45) is 3.72. The van der Waals surface area contributed by atoms with Gasteiger partial charge in [-0.25, -0.2) is 0 Å². The first-order chi connectivity index (χ1) is 14.8. The molecule has 160 valence electrons. The van der Waals surface area contributed by atoms with Crippen molar-refractivity contribution in [3.05, 3.63) is 69.2 Å². The van der Waals surface area contributed by atoms with Crippen molar-refractivity contribution in [2.75, 3.05) is 5.75 Å². The molecule has 4 aromatic rings. The van der Waals surface area contributed by atoms with Crippen LogP contribution in [0.2, 0.25) is 5.02 Å². The van der Waals surface area contributed by atoms with Crippen LogP contribution < -0.4 is 0 Å². The predicted octanol–water partition coefficient (Wildman–Crippen LogP) is 6.31. The van der Waals surface area contributed by atoms with Crippen LogP contribution in [0, 0.1) is 0 Å². The molecule has 0 unspecified atom stereocenters. The monoisotopic (exact) mass is 471 g/mol. The van der Waals surface area contributed by atoms with Gasteiger partial charge >= 0.3 is 0 Å². The number of aliphatic hydroxyl groups is 1. The van der Waals surface area contributed by atoms with E-state index in [-0.39, 0.29) is 5.88 Å². The number of nitrogens with one attached hydrogen (secondary N) is 1. The molecule has 8 heteroatoms. The maximum atomic E-state index is 10.6. The maximum absolute atomic E-state index is 10.6. The summed E-state index contributed by atoms with van der Waals surface area (Å²) in [6.45, 7) is 5.50. The van der Waals surface area contributed by atoms with E-state index in [9.17, 15) is 10.2 Å². The summed E-state index contributed by atoms with van der Waals surface area (Å²) in [5.74, 6) is 0.875. The van der Waals surface area contributed by atoms with Crippen molar-refractivity contribution >= 4 is 57.3 Å². The van der Waals surface area contributed by atoms with Gasteiger partial charge in [0, 0.05) is 16.0 Å². The van der Waals surface area contributed by atoms with Gasteiger partial charge in [0.15, 0.2) is 4.34 Å². The number of benzene rings is 2. The van der Waals surface area contributed by atoms with E-state index in [4.69, 9.17) is 11.6 Å². The van der Waals surface area contributed by atoms with Gasteiger partial charge in [-0.3, -0.25) is 5.10 Å². The molecule has 0 saturated carbocycles. The van der Waals surface area contributed by atoms with Gasteiger partial charge in [0.05, 0.1) is 22.2 Å². The molecular weight excluding hydrogens is 450 g/mol. The lowest BCUT2D eigenvalue weighted by Gasteiger charge is -2.18. The van der Waals surface area contributed by atoms with Crippen molar-refractivity contribution in [3.8, 4) is 5.88 Å². The highest BCUT2D eigenvalue weighted by molar-refractivity contribution is 8.01. The number of aromatic amines is 1. The largest absolute Gasteiger partial charge is 0.492 e. The Bertz CT molecular complexity index is 1270. The Morgan fingerprint density at radius 3 is 2.77 bits per heavy atom. The quantitative estimate of drug-likeness (QED) is 0.227. The maximum Gasteiger partial charge on any atom is 0.231 e. The average Bonchev–Trinajstić information content (AvgIpc) is 3.32. The predicted molar refractivity (Wildman–Crippen MR) is 130 cm³/mol. The van der Waals surface area contributed by atoms with Crippen LogP contribution in [0.1, 0.15) is 42.3 Å². The Hall–Kier alpha value is -2.32. The van der Waals surface area contributed by atoms with Gasteiger partial charge < -0.3 is 10.2 Å². The molecule has 0 radical (unpaired) electrons. The third-order valence-corrected chi connectivity index (χ3v) is 7.29. The number of halogens is 1. The molecule has 5 nitrogen and oxygen atoms in total. The molecule has 0 aliphatic rings. The highest BCUT2D eigenvalue weighted by atomic mass is 35.5. The first kappa shape index (κ1) is 21.9. The highest BCUT2D eigenvalue weighted by Gasteiger charge is 2.20. The van der Waals surface area contributed by atoms with Crippen molar-refractivity contribution < 1.29 is 10.2 Å². The van der Waals surface area contributed by atoms with Gasteiger partial charge in [-0.15, -0.1) is 11.3 Å². The van der Waals surface area contributed by atoms with E-state index >= 15 is 0 Å². The van der Waals surface area contributed by atoms with Gasteiger partial charge in [-0.1, -0.05) is 48.5 Å². The number of hydrogen-bond acceptors (Lipinski definition) is 6. The Labute approximate surface area is 193 Å². The van der Waals surface area contributed by atoms with Crippen LogP contribution in [0.3, 0.4) is 0 Å². The number of thioether (sulfide) groups is 1. The number of fused-ring (bicyclic) bond motifs is 1. The first-order valence-electron chi connectivity index (χ1n) is 9.77. The molecule has 0 spiro atoms. The number of aromatic hydroxyl groups is 1. The summed E-state index contributed by atoms with van der Waals surface area (Å²) in [5.41, 5.74) is 3.21. The van der Waals surface area contributed by atoms with Crippen LogP contribution >= 0.6 is 34.7 Å². The van der Waals surface area contributed by atoms with Crippen molar-refractivity contribution in [2.45, 2.75) is 30.7 Å². The summed E-state index contributed by atoms with van der Waals surface area (Å²) < 4.78 is 0.814. The summed E-state index contributed by atoms with van der Waals surface area (Å²) in [5, 5.41) is 29.5. The number of aromatic nitrogens is 3. The molecule has 0 fully saturated rings. The zero-order valence-corrected chi connectivity index (χ0v) is 19.7. The number of hydrogen-bond donors (Lipinski definition) is 3. The number of thiazole rings is 1. The summed E-state index contributed by atoms with van der Waals surface area (Å²) in [6, 6.07) is 11.5. The van der Waals surface area contributed by atoms with Crippen molar-refractivity contribution in [2.24, 2.45) is 0 Å². The molecule has 0 amide bonds. The van der Waals surface area contributed by atoms with E-state index in [1.165, 1.54) is 11.3 Å². The minimum absolute atomic E-state index is 0.00345. The van der Waals surface area contributed by atoms with Crippen LogP contribution in [0.5, 0.6) is 5.88 Å². The normalized spacial score (nSPS) is 12.6. The fourth-order valence-corrected chi connectivity index (χ4v) is 5.43. The minimum Gasteiger partial charge on any atom is -0.492 e. The second kappa shape index (κ2) is 8.67. The minimum atomic E-state index is -0.983. The molecule has 3 N–H and O–H groups in total. The van der Waals surface area contributed by atoms with E-state index in [1.807, 2.05) is 36.4 Å². The number of nitrogens with zero attached hydrogens (tertiary/aromatic N) is 2.